The van der Waals surface area contributed by atoms with Gasteiger partial charge in [0.15, 0.2) is 0 Å². The van der Waals surface area contributed by atoms with E-state index in [1.807, 2.05) is 0 Å². The van der Waals surface area contributed by atoms with Crippen LogP contribution in [0.15, 0.2) is 0 Å². The Morgan fingerprint density at radius 2 is 1.75 bits per heavy atom. The van der Waals surface area contributed by atoms with Gasteiger partial charge in [0.25, 0.3) is 0 Å². The SMILES string of the molecule is CC[C@H](CC[C@@H](C)[C@H]1CC[C@H]2[C@@H]3C[C@H](Cl)[C@]45O[C@H]4[C@@H](O)CC[C@]5(C)[C@H]3CC[C@]12C)C(C)C. The van der Waals surface area contributed by atoms with Gasteiger partial charge >= 0.3 is 0 Å². The van der Waals surface area contributed by atoms with Crippen LogP contribution >= 0.6 is 11.6 Å². The van der Waals surface area contributed by atoms with Crippen LogP contribution in [-0.2, 0) is 4.74 Å². The Bertz CT molecular complexity index is 709. The lowest BCUT2D eigenvalue weighted by atomic mass is 9.44. The van der Waals surface area contributed by atoms with Crippen molar-refractivity contribution >= 4 is 11.6 Å². The quantitative estimate of drug-likeness (QED) is 0.327. The molecule has 5 fully saturated rings. The average Bonchev–Trinajstić information content (AvgIpc) is 3.42. The molecule has 0 aromatic rings. The van der Waals surface area contributed by atoms with Crippen LogP contribution in [0.4, 0.5) is 0 Å². The van der Waals surface area contributed by atoms with Crippen LogP contribution in [0.2, 0.25) is 0 Å². The lowest BCUT2D eigenvalue weighted by Crippen LogP contribution is -2.62. The Hall–Kier alpha value is 0.210. The highest BCUT2D eigenvalue weighted by Crippen LogP contribution is 2.74. The van der Waals surface area contributed by atoms with Crippen LogP contribution < -0.4 is 0 Å². The summed E-state index contributed by atoms with van der Waals surface area (Å²) >= 11 is 7.18. The first kappa shape index (κ1) is 23.9. The van der Waals surface area contributed by atoms with E-state index < -0.39 is 0 Å². The minimum absolute atomic E-state index is 0.00169. The van der Waals surface area contributed by atoms with Crippen molar-refractivity contribution in [2.24, 2.45) is 52.3 Å². The molecule has 2 nitrogen and oxygen atoms in total. The zero-order chi connectivity index (χ0) is 23.1. The summed E-state index contributed by atoms with van der Waals surface area (Å²) in [5.41, 5.74) is 0.414. The first-order valence-corrected chi connectivity index (χ1v) is 14.5. The molecule has 1 N–H and O–H groups in total. The number of hydrogen-bond acceptors (Lipinski definition) is 2. The van der Waals surface area contributed by atoms with Gasteiger partial charge in [-0.15, -0.1) is 11.6 Å². The lowest BCUT2D eigenvalue weighted by Gasteiger charge is -2.61. The van der Waals surface area contributed by atoms with Gasteiger partial charge in [0.2, 0.25) is 0 Å². The number of epoxide rings is 1. The Kier molecular flexibility index (Phi) is 6.08. The second-order valence-corrected chi connectivity index (χ2v) is 14.2. The van der Waals surface area contributed by atoms with E-state index in [9.17, 15) is 5.11 Å². The molecule has 0 aromatic carbocycles. The van der Waals surface area contributed by atoms with Crippen molar-refractivity contribution in [3.8, 4) is 0 Å². The summed E-state index contributed by atoms with van der Waals surface area (Å²) in [5, 5.41) is 10.6. The molecule has 0 bridgehead atoms. The maximum atomic E-state index is 10.5. The molecule has 12 atom stereocenters. The summed E-state index contributed by atoms with van der Waals surface area (Å²) in [7, 11) is 0. The molecule has 4 saturated carbocycles. The summed E-state index contributed by atoms with van der Waals surface area (Å²) in [6.07, 6.45) is 12.5. The molecule has 0 aromatic heterocycles. The van der Waals surface area contributed by atoms with Gasteiger partial charge in [-0.05, 0) is 98.2 Å². The summed E-state index contributed by atoms with van der Waals surface area (Å²) < 4.78 is 6.34. The molecule has 1 saturated heterocycles. The number of aliphatic hydroxyl groups excluding tert-OH is 1. The van der Waals surface area contributed by atoms with Gasteiger partial charge in [0.05, 0.1) is 11.5 Å². The first-order chi connectivity index (χ1) is 15.1. The second kappa shape index (κ2) is 8.12. The summed E-state index contributed by atoms with van der Waals surface area (Å²) in [4.78, 5) is 0. The van der Waals surface area contributed by atoms with E-state index >= 15 is 0 Å². The number of ether oxygens (including phenoxy) is 1. The third-order valence-electron chi connectivity index (χ3n) is 12.3. The molecule has 5 aliphatic rings. The van der Waals surface area contributed by atoms with Crippen LogP contribution in [0.1, 0.15) is 106 Å². The Labute approximate surface area is 202 Å². The largest absolute Gasteiger partial charge is 0.390 e. The fourth-order valence-corrected chi connectivity index (χ4v) is 11.0. The van der Waals surface area contributed by atoms with Crippen LogP contribution in [-0.4, -0.2) is 28.3 Å². The van der Waals surface area contributed by atoms with Crippen LogP contribution in [0, 0.1) is 52.3 Å². The maximum Gasteiger partial charge on any atom is 0.119 e. The van der Waals surface area contributed by atoms with E-state index in [1.54, 1.807) is 0 Å². The third-order valence-corrected chi connectivity index (χ3v) is 12.8. The molecule has 184 valence electrons. The van der Waals surface area contributed by atoms with E-state index in [1.165, 1.54) is 44.9 Å². The predicted octanol–water partition coefficient (Wildman–Crippen LogP) is 7.45. The number of halogens is 1. The standard InChI is InChI=1S/C29H49ClO2/c1-7-19(17(2)3)9-8-18(4)21-10-11-22-20-16-25(30)29-26(32-29)24(31)13-15-28(29,6)23(20)12-14-27(21,22)5/h17-26,31H,7-16H2,1-6H3/t18-,19-,20+,21-,22+,23+,24+,25+,26+,27-,28-,29+/m1/s1. The van der Waals surface area contributed by atoms with E-state index in [4.69, 9.17) is 16.3 Å². The van der Waals surface area contributed by atoms with E-state index in [2.05, 4.69) is 41.5 Å². The Morgan fingerprint density at radius 3 is 2.44 bits per heavy atom. The molecule has 0 amide bonds. The Morgan fingerprint density at radius 1 is 1.00 bits per heavy atom. The molecule has 3 heteroatoms. The molecule has 1 heterocycles. The molecule has 4 aliphatic carbocycles. The maximum absolute atomic E-state index is 10.5. The van der Waals surface area contributed by atoms with E-state index in [0.29, 0.717) is 5.41 Å². The van der Waals surface area contributed by atoms with Crippen molar-refractivity contribution in [2.45, 2.75) is 129 Å². The minimum Gasteiger partial charge on any atom is -0.390 e. The van der Waals surface area contributed by atoms with Gasteiger partial charge in [-0.1, -0.05) is 54.4 Å². The van der Waals surface area contributed by atoms with Crippen LogP contribution in [0.25, 0.3) is 0 Å². The van der Waals surface area contributed by atoms with Gasteiger partial charge < -0.3 is 9.84 Å². The highest BCUT2D eigenvalue weighted by atomic mass is 35.5. The Balaban J connectivity index is 1.33. The number of alkyl halides is 1. The molecule has 1 aliphatic heterocycles. The first-order valence-electron chi connectivity index (χ1n) is 14.1. The zero-order valence-corrected chi connectivity index (χ0v) is 22.3. The highest BCUT2D eigenvalue weighted by Gasteiger charge is 2.79. The second-order valence-electron chi connectivity index (χ2n) is 13.6. The van der Waals surface area contributed by atoms with Gasteiger partial charge in [0, 0.05) is 5.41 Å². The molecule has 5 rings (SSSR count). The van der Waals surface area contributed by atoms with Crippen LogP contribution in [0.5, 0.6) is 0 Å². The zero-order valence-electron chi connectivity index (χ0n) is 21.6. The molecular formula is C29H49ClO2. The van der Waals surface area contributed by atoms with Crippen molar-refractivity contribution in [1.29, 1.82) is 0 Å². The topological polar surface area (TPSA) is 32.8 Å². The lowest BCUT2D eigenvalue weighted by molar-refractivity contribution is -0.118. The fourth-order valence-electron chi connectivity index (χ4n) is 10.4. The van der Waals surface area contributed by atoms with Crippen LogP contribution in [0.3, 0.4) is 0 Å². The van der Waals surface area contributed by atoms with Crippen molar-refractivity contribution < 1.29 is 9.84 Å². The van der Waals surface area contributed by atoms with E-state index in [0.717, 1.165) is 60.7 Å². The molecule has 0 unspecified atom stereocenters. The molecule has 32 heavy (non-hydrogen) atoms. The summed E-state index contributed by atoms with van der Waals surface area (Å²) in [5.74, 6) is 5.74. The molecule has 0 radical (unpaired) electrons. The van der Waals surface area contributed by atoms with Crippen molar-refractivity contribution in [2.75, 3.05) is 0 Å². The number of aliphatic hydroxyl groups is 1. The predicted molar refractivity (Wildman–Crippen MR) is 133 cm³/mol. The minimum atomic E-state index is -0.302. The summed E-state index contributed by atoms with van der Waals surface area (Å²) in [6.45, 7) is 14.9. The molecular weight excluding hydrogens is 416 g/mol. The number of rotatable bonds is 6. The molecule has 1 spiro atoms. The van der Waals surface area contributed by atoms with Crippen molar-refractivity contribution in [3.63, 3.8) is 0 Å². The third kappa shape index (κ3) is 3.17. The number of hydrogen-bond donors (Lipinski definition) is 1. The fraction of sp³-hybridized carbons (Fsp3) is 1.00. The number of fused-ring (bicyclic) bond motifs is 4. The van der Waals surface area contributed by atoms with Gasteiger partial charge in [-0.3, -0.25) is 0 Å². The average molecular weight is 465 g/mol. The highest BCUT2D eigenvalue weighted by molar-refractivity contribution is 6.22. The van der Waals surface area contributed by atoms with Crippen molar-refractivity contribution in [1.82, 2.24) is 0 Å². The van der Waals surface area contributed by atoms with Gasteiger partial charge in [0.1, 0.15) is 11.7 Å². The van der Waals surface area contributed by atoms with Gasteiger partial charge in [-0.2, -0.15) is 0 Å². The van der Waals surface area contributed by atoms with Crippen molar-refractivity contribution in [3.05, 3.63) is 0 Å². The normalized spacial score (nSPS) is 53.7. The monoisotopic (exact) mass is 464 g/mol. The van der Waals surface area contributed by atoms with E-state index in [-0.39, 0.29) is 28.6 Å². The smallest absolute Gasteiger partial charge is 0.119 e. The van der Waals surface area contributed by atoms with Gasteiger partial charge in [-0.25, -0.2) is 0 Å². The summed E-state index contributed by atoms with van der Waals surface area (Å²) in [6, 6.07) is 0.